The molecule has 0 atom stereocenters. The van der Waals surface area contributed by atoms with Crippen LogP contribution in [-0.2, 0) is 9.84 Å². The van der Waals surface area contributed by atoms with Crippen molar-refractivity contribution in [3.8, 4) is 0 Å². The van der Waals surface area contributed by atoms with E-state index in [-0.39, 0.29) is 0 Å². The lowest BCUT2D eigenvalue weighted by Gasteiger charge is -2.32. The summed E-state index contributed by atoms with van der Waals surface area (Å²) < 4.78 is 21.5. The summed E-state index contributed by atoms with van der Waals surface area (Å²) in [6.45, 7) is 0. The summed E-state index contributed by atoms with van der Waals surface area (Å²) in [5, 5.41) is 0. The Morgan fingerprint density at radius 3 is 2.36 bits per heavy atom. The Kier molecular flexibility index (Phi) is 2.54. The maximum absolute atomic E-state index is 10.7. The molecule has 1 fully saturated rings. The molecule has 66 valence electrons. The van der Waals surface area contributed by atoms with Crippen LogP contribution in [0.4, 0.5) is 0 Å². The average molecular weight is 177 g/mol. The normalized spacial score (nSPS) is 31.5. The standard InChI is InChI=1S/C7H15NO2S/c1-11(9,10)3-2-6-4-7(8)5-6/h6-7H,2-5,8H2,1H3. The molecule has 0 aromatic rings. The smallest absolute Gasteiger partial charge is 0.147 e. The maximum atomic E-state index is 10.7. The number of hydrogen-bond donors (Lipinski definition) is 1. The van der Waals surface area contributed by atoms with Crippen LogP contribution in [0.5, 0.6) is 0 Å². The van der Waals surface area contributed by atoms with E-state index in [4.69, 9.17) is 5.73 Å². The van der Waals surface area contributed by atoms with Crippen molar-refractivity contribution in [2.75, 3.05) is 12.0 Å². The van der Waals surface area contributed by atoms with Crippen LogP contribution in [0.1, 0.15) is 19.3 Å². The van der Waals surface area contributed by atoms with Gasteiger partial charge >= 0.3 is 0 Å². The van der Waals surface area contributed by atoms with Gasteiger partial charge in [-0.15, -0.1) is 0 Å². The van der Waals surface area contributed by atoms with E-state index in [2.05, 4.69) is 0 Å². The zero-order valence-electron chi connectivity index (χ0n) is 6.79. The third kappa shape index (κ3) is 3.20. The molecule has 1 aliphatic carbocycles. The van der Waals surface area contributed by atoms with Gasteiger partial charge in [0, 0.05) is 12.3 Å². The summed E-state index contributed by atoms with van der Waals surface area (Å²) in [6.07, 6.45) is 4.10. The van der Waals surface area contributed by atoms with Gasteiger partial charge in [-0.25, -0.2) is 8.42 Å². The van der Waals surface area contributed by atoms with Crippen LogP contribution in [0.25, 0.3) is 0 Å². The highest BCUT2D eigenvalue weighted by Crippen LogP contribution is 2.28. The second-order valence-electron chi connectivity index (χ2n) is 3.52. The first-order valence-electron chi connectivity index (χ1n) is 3.90. The van der Waals surface area contributed by atoms with Crippen molar-refractivity contribution in [3.05, 3.63) is 0 Å². The summed E-state index contributed by atoms with van der Waals surface area (Å²) in [5.41, 5.74) is 5.56. The van der Waals surface area contributed by atoms with E-state index in [1.807, 2.05) is 0 Å². The Balaban J connectivity index is 2.15. The number of nitrogens with two attached hydrogens (primary N) is 1. The molecule has 1 aliphatic rings. The Morgan fingerprint density at radius 2 is 2.00 bits per heavy atom. The van der Waals surface area contributed by atoms with Crippen molar-refractivity contribution in [1.82, 2.24) is 0 Å². The molecule has 0 amide bonds. The topological polar surface area (TPSA) is 60.2 Å². The molecule has 0 aromatic carbocycles. The molecule has 0 aliphatic heterocycles. The molecule has 2 N–H and O–H groups in total. The molecule has 0 aromatic heterocycles. The number of sulfone groups is 1. The molecule has 3 nitrogen and oxygen atoms in total. The fourth-order valence-corrected chi connectivity index (χ4v) is 2.17. The summed E-state index contributed by atoms with van der Waals surface area (Å²) in [4.78, 5) is 0. The van der Waals surface area contributed by atoms with Crippen molar-refractivity contribution >= 4 is 9.84 Å². The van der Waals surface area contributed by atoms with Gasteiger partial charge in [0.25, 0.3) is 0 Å². The molecule has 1 saturated carbocycles. The first-order valence-corrected chi connectivity index (χ1v) is 5.97. The van der Waals surface area contributed by atoms with Crippen LogP contribution in [0.15, 0.2) is 0 Å². The third-order valence-corrected chi connectivity index (χ3v) is 3.15. The molecule has 0 radical (unpaired) electrons. The minimum absolute atomic E-state index is 0.324. The van der Waals surface area contributed by atoms with Crippen LogP contribution in [-0.4, -0.2) is 26.5 Å². The van der Waals surface area contributed by atoms with Crippen molar-refractivity contribution in [2.24, 2.45) is 11.7 Å². The molecular formula is C7H15NO2S. The SMILES string of the molecule is CS(=O)(=O)CCC1CC(N)C1. The monoisotopic (exact) mass is 177 g/mol. The summed E-state index contributed by atoms with van der Waals surface area (Å²) in [5.74, 6) is 0.893. The summed E-state index contributed by atoms with van der Waals surface area (Å²) >= 11 is 0. The first-order chi connectivity index (χ1) is 4.97. The van der Waals surface area contributed by atoms with Gasteiger partial charge in [0.2, 0.25) is 0 Å². The Bertz CT molecular complexity index is 217. The van der Waals surface area contributed by atoms with Crippen molar-refractivity contribution in [2.45, 2.75) is 25.3 Å². The van der Waals surface area contributed by atoms with Crippen LogP contribution >= 0.6 is 0 Å². The first kappa shape index (κ1) is 9.00. The fourth-order valence-electron chi connectivity index (χ4n) is 1.40. The molecule has 0 spiro atoms. The molecule has 0 saturated heterocycles. The van der Waals surface area contributed by atoms with E-state index < -0.39 is 9.84 Å². The number of rotatable bonds is 3. The minimum Gasteiger partial charge on any atom is -0.328 e. The lowest BCUT2D eigenvalue weighted by molar-refractivity contribution is 0.259. The van der Waals surface area contributed by atoms with Gasteiger partial charge in [-0.2, -0.15) is 0 Å². The van der Waals surface area contributed by atoms with Crippen LogP contribution < -0.4 is 5.73 Å². The molecule has 4 heteroatoms. The molecule has 0 unspecified atom stereocenters. The van der Waals surface area contributed by atoms with Crippen molar-refractivity contribution in [1.29, 1.82) is 0 Å². The highest BCUT2D eigenvalue weighted by molar-refractivity contribution is 7.90. The highest BCUT2D eigenvalue weighted by atomic mass is 32.2. The minimum atomic E-state index is -2.75. The molecule has 0 heterocycles. The van der Waals surface area contributed by atoms with E-state index in [0.717, 1.165) is 19.3 Å². The van der Waals surface area contributed by atoms with Gasteiger partial charge in [0.15, 0.2) is 0 Å². The van der Waals surface area contributed by atoms with Gasteiger partial charge in [-0.05, 0) is 25.2 Å². The predicted molar refractivity (Wildman–Crippen MR) is 45.0 cm³/mol. The fraction of sp³-hybridized carbons (Fsp3) is 1.00. The van der Waals surface area contributed by atoms with Crippen LogP contribution in [0.3, 0.4) is 0 Å². The third-order valence-electron chi connectivity index (χ3n) is 2.17. The van der Waals surface area contributed by atoms with E-state index in [0.29, 0.717) is 17.7 Å². The second-order valence-corrected chi connectivity index (χ2v) is 5.78. The number of hydrogen-bond acceptors (Lipinski definition) is 3. The van der Waals surface area contributed by atoms with Gasteiger partial charge in [0.05, 0.1) is 5.75 Å². The Morgan fingerprint density at radius 1 is 1.45 bits per heavy atom. The molecule has 0 bridgehead atoms. The zero-order chi connectivity index (χ0) is 8.48. The zero-order valence-corrected chi connectivity index (χ0v) is 7.60. The summed E-state index contributed by atoms with van der Waals surface area (Å²) in [7, 11) is -2.75. The quantitative estimate of drug-likeness (QED) is 0.668. The van der Waals surface area contributed by atoms with Gasteiger partial charge in [-0.3, -0.25) is 0 Å². The average Bonchev–Trinajstić information content (AvgIpc) is 1.75. The van der Waals surface area contributed by atoms with Gasteiger partial charge in [-0.1, -0.05) is 0 Å². The second kappa shape index (κ2) is 3.11. The van der Waals surface area contributed by atoms with Crippen molar-refractivity contribution in [3.63, 3.8) is 0 Å². The van der Waals surface area contributed by atoms with E-state index in [1.165, 1.54) is 6.26 Å². The predicted octanol–water partition coefficient (Wildman–Crippen LogP) is 0.158. The Hall–Kier alpha value is -0.0900. The molecule has 1 rings (SSSR count). The molecular weight excluding hydrogens is 162 g/mol. The lowest BCUT2D eigenvalue weighted by atomic mass is 9.79. The molecule has 11 heavy (non-hydrogen) atoms. The highest BCUT2D eigenvalue weighted by Gasteiger charge is 2.26. The van der Waals surface area contributed by atoms with Crippen molar-refractivity contribution < 1.29 is 8.42 Å². The van der Waals surface area contributed by atoms with Crippen LogP contribution in [0.2, 0.25) is 0 Å². The van der Waals surface area contributed by atoms with Gasteiger partial charge < -0.3 is 5.73 Å². The van der Waals surface area contributed by atoms with Gasteiger partial charge in [0.1, 0.15) is 9.84 Å². The summed E-state index contributed by atoms with van der Waals surface area (Å²) in [6, 6.07) is 0.333. The van der Waals surface area contributed by atoms with E-state index in [1.54, 1.807) is 0 Å². The van der Waals surface area contributed by atoms with E-state index in [9.17, 15) is 8.42 Å². The van der Waals surface area contributed by atoms with E-state index >= 15 is 0 Å². The lowest BCUT2D eigenvalue weighted by Crippen LogP contribution is -2.36. The van der Waals surface area contributed by atoms with Crippen LogP contribution in [0, 0.1) is 5.92 Å². The maximum Gasteiger partial charge on any atom is 0.147 e. The Labute approximate surface area is 67.9 Å². The largest absolute Gasteiger partial charge is 0.328 e.